The van der Waals surface area contributed by atoms with Crippen molar-refractivity contribution in [2.75, 3.05) is 57.3 Å². The van der Waals surface area contributed by atoms with Crippen LogP contribution in [0.25, 0.3) is 11.3 Å². The molecule has 28 heavy (non-hydrogen) atoms. The van der Waals surface area contributed by atoms with Crippen LogP contribution in [0.3, 0.4) is 0 Å². The van der Waals surface area contributed by atoms with Crippen molar-refractivity contribution in [1.82, 2.24) is 9.88 Å². The number of carbonyl (C=O) groups excluding carboxylic acids is 1. The second-order valence-corrected chi connectivity index (χ2v) is 7.33. The predicted octanol–water partition coefficient (Wildman–Crippen LogP) is 3.53. The molecule has 0 N–H and O–H groups in total. The number of rotatable bonds is 8. The van der Waals surface area contributed by atoms with E-state index < -0.39 is 0 Å². The summed E-state index contributed by atoms with van der Waals surface area (Å²) in [5.41, 5.74) is 1.84. The summed E-state index contributed by atoms with van der Waals surface area (Å²) in [5.74, 6) is 0.639. The highest BCUT2D eigenvalue weighted by molar-refractivity contribution is 7.14. The van der Waals surface area contributed by atoms with Gasteiger partial charge in [-0.1, -0.05) is 0 Å². The van der Waals surface area contributed by atoms with Crippen LogP contribution in [0.15, 0.2) is 29.6 Å². The topological polar surface area (TPSA) is 54.9 Å². The molecule has 0 saturated carbocycles. The predicted molar refractivity (Wildman–Crippen MR) is 116 cm³/mol. The van der Waals surface area contributed by atoms with E-state index in [4.69, 9.17) is 21.1 Å². The van der Waals surface area contributed by atoms with Gasteiger partial charge in [0.2, 0.25) is 5.91 Å². The van der Waals surface area contributed by atoms with Gasteiger partial charge in [-0.3, -0.25) is 14.6 Å². The second-order valence-electron chi connectivity index (χ2n) is 6.23. The molecule has 1 aliphatic heterocycles. The Bertz CT molecular complexity index is 736. The molecule has 0 atom stereocenters. The minimum atomic E-state index is -0.116. The van der Waals surface area contributed by atoms with E-state index in [1.54, 1.807) is 12.0 Å². The summed E-state index contributed by atoms with van der Waals surface area (Å²) in [7, 11) is 1.64. The zero-order chi connectivity index (χ0) is 19.1. The van der Waals surface area contributed by atoms with Crippen molar-refractivity contribution in [2.45, 2.75) is 6.42 Å². The van der Waals surface area contributed by atoms with Gasteiger partial charge in [-0.2, -0.15) is 0 Å². The number of thiazole rings is 1. The number of amides is 1. The van der Waals surface area contributed by atoms with Gasteiger partial charge >= 0.3 is 0 Å². The Labute approximate surface area is 180 Å². The highest BCUT2D eigenvalue weighted by Gasteiger charge is 2.19. The second kappa shape index (κ2) is 11.6. The van der Waals surface area contributed by atoms with Crippen molar-refractivity contribution in [3.05, 3.63) is 29.6 Å². The molecule has 6 nitrogen and oxygen atoms in total. The van der Waals surface area contributed by atoms with Crippen LogP contribution in [-0.4, -0.2) is 68.2 Å². The number of ether oxygens (including phenoxy) is 2. The van der Waals surface area contributed by atoms with Gasteiger partial charge < -0.3 is 9.47 Å². The number of alkyl halides is 1. The van der Waals surface area contributed by atoms with Crippen molar-refractivity contribution in [3.63, 3.8) is 0 Å². The fourth-order valence-electron chi connectivity index (χ4n) is 2.96. The van der Waals surface area contributed by atoms with Crippen molar-refractivity contribution in [3.8, 4) is 17.0 Å². The molecule has 1 aliphatic rings. The lowest BCUT2D eigenvalue weighted by molar-refractivity contribution is -0.116. The number of anilines is 1. The third-order valence-corrected chi connectivity index (χ3v) is 5.58. The van der Waals surface area contributed by atoms with Crippen molar-refractivity contribution >= 4 is 46.4 Å². The van der Waals surface area contributed by atoms with Crippen LogP contribution >= 0.6 is 35.3 Å². The zero-order valence-electron chi connectivity index (χ0n) is 15.8. The normalized spacial score (nSPS) is 14.4. The Hall–Kier alpha value is -1.38. The number of carbonyl (C=O) groups is 1. The minimum absolute atomic E-state index is 0. The van der Waals surface area contributed by atoms with E-state index in [1.165, 1.54) is 11.3 Å². The van der Waals surface area contributed by atoms with Crippen molar-refractivity contribution < 1.29 is 14.3 Å². The maximum Gasteiger partial charge on any atom is 0.243 e. The van der Waals surface area contributed by atoms with E-state index in [0.29, 0.717) is 11.7 Å². The molecule has 9 heteroatoms. The Morgan fingerprint density at radius 3 is 2.68 bits per heavy atom. The first-order chi connectivity index (χ1) is 13.2. The van der Waals surface area contributed by atoms with Gasteiger partial charge in [0.1, 0.15) is 11.6 Å². The third-order valence-electron chi connectivity index (χ3n) is 4.48. The van der Waals surface area contributed by atoms with E-state index in [0.717, 1.165) is 56.3 Å². The van der Waals surface area contributed by atoms with Crippen LogP contribution in [0.2, 0.25) is 0 Å². The molecular weight excluding hydrogens is 421 g/mol. The summed E-state index contributed by atoms with van der Waals surface area (Å²) in [5, 5.41) is 2.65. The van der Waals surface area contributed by atoms with Crippen molar-refractivity contribution in [1.29, 1.82) is 0 Å². The first kappa shape index (κ1) is 22.9. The first-order valence-corrected chi connectivity index (χ1v) is 10.4. The van der Waals surface area contributed by atoms with Gasteiger partial charge in [0.25, 0.3) is 0 Å². The summed E-state index contributed by atoms with van der Waals surface area (Å²) >= 11 is 7.29. The fourth-order valence-corrected chi connectivity index (χ4v) is 3.98. The van der Waals surface area contributed by atoms with Crippen LogP contribution in [-0.2, 0) is 9.53 Å². The molecule has 0 unspecified atom stereocenters. The molecule has 3 rings (SSSR count). The van der Waals surface area contributed by atoms with E-state index in [-0.39, 0.29) is 24.2 Å². The Balaban J connectivity index is 0.00000280. The molecule has 1 amide bonds. The van der Waals surface area contributed by atoms with Gasteiger partial charge in [-0.05, 0) is 30.7 Å². The van der Waals surface area contributed by atoms with Gasteiger partial charge in [-0.15, -0.1) is 35.3 Å². The maximum atomic E-state index is 12.3. The van der Waals surface area contributed by atoms with Crippen LogP contribution in [0.5, 0.6) is 5.75 Å². The maximum absolute atomic E-state index is 12.3. The van der Waals surface area contributed by atoms with Gasteiger partial charge in [-0.25, -0.2) is 4.98 Å². The first-order valence-electron chi connectivity index (χ1n) is 8.97. The average molecular weight is 446 g/mol. The molecule has 0 radical (unpaired) electrons. The molecule has 2 heterocycles. The third kappa shape index (κ3) is 6.06. The number of benzene rings is 1. The van der Waals surface area contributed by atoms with E-state index in [1.807, 2.05) is 29.6 Å². The summed E-state index contributed by atoms with van der Waals surface area (Å²) in [6, 6.07) is 7.73. The van der Waals surface area contributed by atoms with Crippen LogP contribution in [0.4, 0.5) is 5.13 Å². The summed E-state index contributed by atoms with van der Waals surface area (Å²) < 4.78 is 10.6. The molecule has 1 aromatic heterocycles. The molecule has 154 valence electrons. The Kier molecular flexibility index (Phi) is 9.47. The highest BCUT2D eigenvalue weighted by Crippen LogP contribution is 2.29. The highest BCUT2D eigenvalue weighted by atomic mass is 35.5. The molecule has 2 aromatic rings. The molecule has 0 aliphatic carbocycles. The standard InChI is InChI=1S/C19H24ClN3O3S.ClH/c1-25-16-5-3-15(4-6-16)17-14-27-19(21-17)23(18(24)13-20)8-2-7-22-9-11-26-12-10-22;/h3-6,14H,2,7-13H2,1H3;1H. The van der Waals surface area contributed by atoms with E-state index >= 15 is 0 Å². The molecule has 1 saturated heterocycles. The summed E-state index contributed by atoms with van der Waals surface area (Å²) in [4.78, 5) is 21.1. The Morgan fingerprint density at radius 1 is 1.32 bits per heavy atom. The van der Waals surface area contributed by atoms with E-state index in [2.05, 4.69) is 9.88 Å². The lowest BCUT2D eigenvalue weighted by atomic mass is 10.2. The summed E-state index contributed by atoms with van der Waals surface area (Å²) in [6.45, 7) is 5.00. The smallest absolute Gasteiger partial charge is 0.243 e. The minimum Gasteiger partial charge on any atom is -0.497 e. The van der Waals surface area contributed by atoms with Crippen LogP contribution < -0.4 is 9.64 Å². The van der Waals surface area contributed by atoms with E-state index in [9.17, 15) is 4.79 Å². The number of hydrogen-bond donors (Lipinski definition) is 0. The summed E-state index contributed by atoms with van der Waals surface area (Å²) in [6.07, 6.45) is 0.875. The molecule has 1 aromatic carbocycles. The van der Waals surface area contributed by atoms with Crippen LogP contribution in [0.1, 0.15) is 6.42 Å². The number of aromatic nitrogens is 1. The van der Waals surface area contributed by atoms with Gasteiger partial charge in [0.15, 0.2) is 5.13 Å². The van der Waals surface area contributed by atoms with Gasteiger partial charge in [0.05, 0.1) is 26.0 Å². The van der Waals surface area contributed by atoms with Gasteiger partial charge in [0, 0.05) is 37.1 Å². The number of halogens is 2. The van der Waals surface area contributed by atoms with Crippen molar-refractivity contribution in [2.24, 2.45) is 0 Å². The number of methoxy groups -OCH3 is 1. The number of hydrogen-bond acceptors (Lipinski definition) is 6. The lowest BCUT2D eigenvalue weighted by Crippen LogP contribution is -2.39. The molecule has 0 bridgehead atoms. The average Bonchev–Trinajstić information content (AvgIpc) is 3.21. The Morgan fingerprint density at radius 2 is 2.04 bits per heavy atom. The number of nitrogens with zero attached hydrogens (tertiary/aromatic N) is 3. The molecule has 0 spiro atoms. The SMILES string of the molecule is COc1ccc(-c2csc(N(CCCN3CCOCC3)C(=O)CCl)n2)cc1.Cl. The quantitative estimate of drug-likeness (QED) is 0.581. The fraction of sp³-hybridized carbons (Fsp3) is 0.474. The lowest BCUT2D eigenvalue weighted by Gasteiger charge is -2.27. The molecular formula is C19H25Cl2N3O3S. The largest absolute Gasteiger partial charge is 0.497 e. The zero-order valence-corrected chi connectivity index (χ0v) is 18.2. The monoisotopic (exact) mass is 445 g/mol. The van der Waals surface area contributed by atoms with Crippen LogP contribution in [0, 0.1) is 0 Å². The molecule has 1 fully saturated rings. The number of morpholine rings is 1.